The lowest BCUT2D eigenvalue weighted by atomic mass is 10.1. The van der Waals surface area contributed by atoms with Crippen LogP contribution in [0.3, 0.4) is 0 Å². The second kappa shape index (κ2) is 7.53. The highest BCUT2D eigenvalue weighted by Crippen LogP contribution is 2.25. The fraction of sp³-hybridized carbons (Fsp3) is 0.238. The first kappa shape index (κ1) is 17.1. The Balaban J connectivity index is 1.74. The summed E-state index contributed by atoms with van der Waals surface area (Å²) in [5, 5.41) is 11.0. The van der Waals surface area contributed by atoms with E-state index in [1.54, 1.807) is 12.1 Å². The molecule has 6 nitrogen and oxygen atoms in total. The molecule has 1 aromatic heterocycles. The number of nitro groups is 1. The molecule has 0 aliphatic carbocycles. The van der Waals surface area contributed by atoms with Gasteiger partial charge in [0.15, 0.2) is 5.82 Å². The monoisotopic (exact) mass is 360 g/mol. The number of hydrogen-bond donors (Lipinski definition) is 0. The van der Waals surface area contributed by atoms with E-state index in [4.69, 9.17) is 9.97 Å². The second-order valence-electron chi connectivity index (χ2n) is 6.65. The van der Waals surface area contributed by atoms with Crippen molar-refractivity contribution in [2.75, 3.05) is 18.0 Å². The number of piperidine rings is 1. The van der Waals surface area contributed by atoms with Crippen molar-refractivity contribution < 1.29 is 4.92 Å². The molecule has 0 unspecified atom stereocenters. The van der Waals surface area contributed by atoms with Crippen molar-refractivity contribution in [2.24, 2.45) is 0 Å². The van der Waals surface area contributed by atoms with Gasteiger partial charge in [-0.3, -0.25) is 10.1 Å². The predicted octanol–water partition coefficient (Wildman–Crippen LogP) is 4.70. The lowest BCUT2D eigenvalue weighted by Gasteiger charge is -2.28. The summed E-state index contributed by atoms with van der Waals surface area (Å²) in [6.45, 7) is 1.95. The molecular weight excluding hydrogens is 340 g/mol. The van der Waals surface area contributed by atoms with Gasteiger partial charge >= 0.3 is 0 Å². The van der Waals surface area contributed by atoms with Crippen LogP contribution < -0.4 is 4.90 Å². The zero-order chi connectivity index (χ0) is 18.6. The van der Waals surface area contributed by atoms with Gasteiger partial charge in [0.1, 0.15) is 5.69 Å². The van der Waals surface area contributed by atoms with Gasteiger partial charge in [-0.25, -0.2) is 9.97 Å². The van der Waals surface area contributed by atoms with Crippen LogP contribution in [0.1, 0.15) is 30.5 Å². The molecule has 1 aliphatic rings. The van der Waals surface area contributed by atoms with Crippen molar-refractivity contribution >= 4 is 34.7 Å². The number of hydrogen-bond acceptors (Lipinski definition) is 5. The number of aromatic nitrogens is 2. The Morgan fingerprint density at radius 2 is 1.67 bits per heavy atom. The molecule has 0 bridgehead atoms. The summed E-state index contributed by atoms with van der Waals surface area (Å²) < 4.78 is 0. The minimum Gasteiger partial charge on any atom is -0.355 e. The third kappa shape index (κ3) is 3.79. The van der Waals surface area contributed by atoms with Crippen molar-refractivity contribution in [3.63, 3.8) is 0 Å². The molecule has 0 N–H and O–H groups in total. The summed E-state index contributed by atoms with van der Waals surface area (Å²) in [6.07, 6.45) is 7.32. The molecule has 0 amide bonds. The molecular formula is C21H20N4O2. The van der Waals surface area contributed by atoms with Gasteiger partial charge in [-0.1, -0.05) is 30.3 Å². The van der Waals surface area contributed by atoms with Gasteiger partial charge in [-0.2, -0.15) is 0 Å². The molecule has 3 aromatic rings. The SMILES string of the molecule is O=[N+]([O-])c1cccc(/C=C/c2nc3ccccc3nc2N2CCCCC2)c1. The van der Waals surface area contributed by atoms with E-state index in [2.05, 4.69) is 4.90 Å². The van der Waals surface area contributed by atoms with Gasteiger partial charge in [0.25, 0.3) is 5.69 Å². The van der Waals surface area contributed by atoms with Crippen LogP contribution in [0.25, 0.3) is 23.2 Å². The third-order valence-corrected chi connectivity index (χ3v) is 4.75. The largest absolute Gasteiger partial charge is 0.355 e. The summed E-state index contributed by atoms with van der Waals surface area (Å²) in [7, 11) is 0. The number of fused-ring (bicyclic) bond motifs is 1. The summed E-state index contributed by atoms with van der Waals surface area (Å²) in [6, 6.07) is 14.4. The quantitative estimate of drug-likeness (QED) is 0.498. The van der Waals surface area contributed by atoms with E-state index in [0.717, 1.165) is 54.0 Å². The van der Waals surface area contributed by atoms with Crippen LogP contribution in [0.4, 0.5) is 11.5 Å². The molecule has 2 aromatic carbocycles. The number of anilines is 1. The highest BCUT2D eigenvalue weighted by molar-refractivity contribution is 5.82. The standard InChI is InChI=1S/C21H20N4O2/c26-25(27)17-8-6-7-16(15-17)11-12-20-21(24-13-4-1-5-14-24)23-19-10-3-2-9-18(19)22-20/h2-3,6-12,15H,1,4-5,13-14H2/b12-11+. The molecule has 4 rings (SSSR count). The first-order valence-corrected chi connectivity index (χ1v) is 9.15. The van der Waals surface area contributed by atoms with Crippen molar-refractivity contribution in [3.8, 4) is 0 Å². The van der Waals surface area contributed by atoms with Crippen molar-refractivity contribution in [3.05, 3.63) is 69.9 Å². The molecule has 0 atom stereocenters. The van der Waals surface area contributed by atoms with Gasteiger partial charge in [-0.05, 0) is 43.0 Å². The van der Waals surface area contributed by atoms with E-state index in [9.17, 15) is 10.1 Å². The molecule has 2 heterocycles. The van der Waals surface area contributed by atoms with Crippen LogP contribution in [0.5, 0.6) is 0 Å². The van der Waals surface area contributed by atoms with E-state index < -0.39 is 0 Å². The number of non-ortho nitro benzene ring substituents is 1. The van der Waals surface area contributed by atoms with Crippen molar-refractivity contribution in [1.29, 1.82) is 0 Å². The summed E-state index contributed by atoms with van der Waals surface area (Å²) in [5.74, 6) is 0.884. The Bertz CT molecular complexity index is 1010. The maximum atomic E-state index is 11.0. The Hall–Kier alpha value is -3.28. The lowest BCUT2D eigenvalue weighted by molar-refractivity contribution is -0.384. The third-order valence-electron chi connectivity index (χ3n) is 4.75. The van der Waals surface area contributed by atoms with Crippen LogP contribution in [-0.4, -0.2) is 28.0 Å². The van der Waals surface area contributed by atoms with Crippen molar-refractivity contribution in [2.45, 2.75) is 19.3 Å². The van der Waals surface area contributed by atoms with Gasteiger partial charge in [0.05, 0.1) is 16.0 Å². The highest BCUT2D eigenvalue weighted by Gasteiger charge is 2.17. The number of benzene rings is 2. The first-order chi connectivity index (χ1) is 13.2. The number of nitro benzene ring substituents is 1. The topological polar surface area (TPSA) is 72.2 Å². The van der Waals surface area contributed by atoms with Crippen molar-refractivity contribution in [1.82, 2.24) is 9.97 Å². The first-order valence-electron chi connectivity index (χ1n) is 9.15. The fourth-order valence-electron chi connectivity index (χ4n) is 3.37. The summed E-state index contributed by atoms with van der Waals surface area (Å²) in [4.78, 5) is 22.6. The van der Waals surface area contributed by atoms with E-state index in [1.807, 2.05) is 42.5 Å². The van der Waals surface area contributed by atoms with Crippen LogP contribution in [0.2, 0.25) is 0 Å². The molecule has 27 heavy (non-hydrogen) atoms. The van der Waals surface area contributed by atoms with Gasteiger partial charge in [0, 0.05) is 25.2 Å². The summed E-state index contributed by atoms with van der Waals surface area (Å²) >= 11 is 0. The zero-order valence-corrected chi connectivity index (χ0v) is 14.9. The fourth-order valence-corrected chi connectivity index (χ4v) is 3.37. The van der Waals surface area contributed by atoms with Gasteiger partial charge < -0.3 is 4.90 Å². The number of rotatable bonds is 4. The molecule has 0 spiro atoms. The molecule has 1 aliphatic heterocycles. The highest BCUT2D eigenvalue weighted by atomic mass is 16.6. The van der Waals surface area contributed by atoms with Gasteiger partial charge in [0.2, 0.25) is 0 Å². The molecule has 136 valence electrons. The molecule has 0 saturated carbocycles. The predicted molar refractivity (Wildman–Crippen MR) is 108 cm³/mol. The van der Waals surface area contributed by atoms with Crippen LogP contribution in [0, 0.1) is 10.1 Å². The molecule has 0 radical (unpaired) electrons. The Morgan fingerprint density at radius 1 is 0.926 bits per heavy atom. The number of nitrogens with zero attached hydrogens (tertiary/aromatic N) is 4. The van der Waals surface area contributed by atoms with Crippen LogP contribution in [-0.2, 0) is 0 Å². The molecule has 1 fully saturated rings. The Kier molecular flexibility index (Phi) is 4.78. The molecule has 6 heteroatoms. The minimum atomic E-state index is -0.383. The summed E-state index contributed by atoms with van der Waals surface area (Å²) in [5.41, 5.74) is 3.37. The lowest BCUT2D eigenvalue weighted by Crippen LogP contribution is -2.31. The van der Waals surface area contributed by atoms with Crippen LogP contribution in [0.15, 0.2) is 48.5 Å². The maximum Gasteiger partial charge on any atom is 0.270 e. The molecule has 1 saturated heterocycles. The van der Waals surface area contributed by atoms with E-state index in [1.165, 1.54) is 12.5 Å². The van der Waals surface area contributed by atoms with Crippen LogP contribution >= 0.6 is 0 Å². The second-order valence-corrected chi connectivity index (χ2v) is 6.65. The number of para-hydroxylation sites is 2. The smallest absolute Gasteiger partial charge is 0.270 e. The Labute approximate surface area is 157 Å². The normalized spacial score (nSPS) is 14.7. The average Bonchev–Trinajstić information content (AvgIpc) is 2.72. The average molecular weight is 360 g/mol. The van der Waals surface area contributed by atoms with E-state index in [0.29, 0.717) is 0 Å². The maximum absolute atomic E-state index is 11.0. The van der Waals surface area contributed by atoms with Gasteiger partial charge in [-0.15, -0.1) is 0 Å². The minimum absolute atomic E-state index is 0.0815. The Morgan fingerprint density at radius 3 is 2.41 bits per heavy atom. The zero-order valence-electron chi connectivity index (χ0n) is 14.9. The van der Waals surface area contributed by atoms with E-state index >= 15 is 0 Å². The van der Waals surface area contributed by atoms with E-state index in [-0.39, 0.29) is 10.6 Å².